The number of fused-ring (bicyclic) bond motifs is 9. The molecule has 0 amide bonds. The van der Waals surface area contributed by atoms with Gasteiger partial charge in [0.15, 0.2) is 17.5 Å². The van der Waals surface area contributed by atoms with E-state index in [0.717, 1.165) is 82.6 Å². The Labute approximate surface area is 332 Å². The van der Waals surface area contributed by atoms with Crippen LogP contribution in [-0.4, -0.2) is 15.0 Å². The van der Waals surface area contributed by atoms with Crippen molar-refractivity contribution in [1.82, 2.24) is 15.0 Å². The van der Waals surface area contributed by atoms with Crippen LogP contribution in [0.5, 0.6) is 0 Å². The highest BCUT2D eigenvalue weighted by atomic mass is 16.3. The van der Waals surface area contributed by atoms with Crippen LogP contribution in [-0.2, 0) is 0 Å². The molecule has 0 bridgehead atoms. The molecule has 3 heterocycles. The molecule has 0 saturated carbocycles. The predicted octanol–water partition coefficient (Wildman–Crippen LogP) is 14.3. The second-order valence-electron chi connectivity index (χ2n) is 14.7. The maximum Gasteiger partial charge on any atom is 0.164 e. The summed E-state index contributed by atoms with van der Waals surface area (Å²) < 4.78 is 13.2. The van der Waals surface area contributed by atoms with Crippen LogP contribution in [0, 0.1) is 0 Å². The molecule has 0 aliphatic heterocycles. The zero-order chi connectivity index (χ0) is 38.2. The molecule has 5 heteroatoms. The lowest BCUT2D eigenvalue weighted by Gasteiger charge is -2.11. The summed E-state index contributed by atoms with van der Waals surface area (Å²) in [5.41, 5.74) is 10.4. The van der Waals surface area contributed by atoms with Gasteiger partial charge in [-0.05, 0) is 80.2 Å². The highest BCUT2D eigenvalue weighted by Gasteiger charge is 2.21. The van der Waals surface area contributed by atoms with Crippen molar-refractivity contribution < 1.29 is 8.83 Å². The molecular weight excluding hydrogens is 711 g/mol. The van der Waals surface area contributed by atoms with Gasteiger partial charge in [0.05, 0.1) is 0 Å². The number of aromatic nitrogens is 3. The van der Waals surface area contributed by atoms with Crippen LogP contribution in [0.4, 0.5) is 0 Å². The standard InChI is InChI=1S/C53H31N3O2/c1-3-14-33(15-4-1)37-23-12-26-45-49(37)50-41(25-13-27-46(50)58-45)53-55-51(34-17-5-2-6-18-34)54-52(56-53)35-28-29-44-43(30-35)48-40-22-10-9-21-39(40)42(31-47(48)57-44)38-24-11-19-32-16-7-8-20-36(32)38/h1-31H. The van der Waals surface area contributed by atoms with Crippen molar-refractivity contribution in [3.8, 4) is 56.4 Å². The van der Waals surface area contributed by atoms with E-state index in [1.54, 1.807) is 0 Å². The fourth-order valence-electron chi connectivity index (χ4n) is 8.72. The molecule has 0 aliphatic carbocycles. The first-order valence-corrected chi connectivity index (χ1v) is 19.4. The lowest BCUT2D eigenvalue weighted by atomic mass is 9.92. The zero-order valence-electron chi connectivity index (χ0n) is 31.1. The monoisotopic (exact) mass is 741 g/mol. The molecule has 0 N–H and O–H groups in total. The predicted molar refractivity (Wildman–Crippen MR) is 237 cm³/mol. The number of hydrogen-bond acceptors (Lipinski definition) is 5. The van der Waals surface area contributed by atoms with Gasteiger partial charge in [-0.15, -0.1) is 0 Å². The van der Waals surface area contributed by atoms with E-state index in [9.17, 15) is 0 Å². The molecule has 3 aromatic heterocycles. The summed E-state index contributed by atoms with van der Waals surface area (Å²) in [5, 5.41) is 8.80. The fourth-order valence-corrected chi connectivity index (χ4v) is 8.72. The summed E-state index contributed by atoms with van der Waals surface area (Å²) in [5.74, 6) is 1.74. The third-order valence-electron chi connectivity index (χ3n) is 11.3. The first-order valence-electron chi connectivity index (χ1n) is 19.4. The number of hydrogen-bond donors (Lipinski definition) is 0. The number of furan rings is 2. The second kappa shape index (κ2) is 12.8. The van der Waals surface area contributed by atoms with Crippen molar-refractivity contribution in [2.45, 2.75) is 0 Å². The van der Waals surface area contributed by atoms with Crippen LogP contribution in [0.3, 0.4) is 0 Å². The Hall–Kier alpha value is -7.89. The average Bonchev–Trinajstić information content (AvgIpc) is 3.87. The van der Waals surface area contributed by atoms with Gasteiger partial charge in [0.2, 0.25) is 0 Å². The van der Waals surface area contributed by atoms with Gasteiger partial charge in [-0.25, -0.2) is 15.0 Å². The summed E-state index contributed by atoms with van der Waals surface area (Å²) in [6.07, 6.45) is 0. The molecule has 12 aromatic rings. The third kappa shape index (κ3) is 5.07. The van der Waals surface area contributed by atoms with Gasteiger partial charge < -0.3 is 8.83 Å². The summed E-state index contributed by atoms with van der Waals surface area (Å²) in [6, 6.07) is 65.0. The molecule has 5 nitrogen and oxygen atoms in total. The second-order valence-corrected chi connectivity index (χ2v) is 14.7. The number of benzene rings is 9. The van der Waals surface area contributed by atoms with Crippen LogP contribution in [0.15, 0.2) is 197 Å². The van der Waals surface area contributed by atoms with Crippen LogP contribution in [0.2, 0.25) is 0 Å². The number of nitrogens with zero attached hydrogens (tertiary/aromatic N) is 3. The van der Waals surface area contributed by atoms with E-state index < -0.39 is 0 Å². The molecule has 0 atom stereocenters. The number of rotatable bonds is 5. The molecule has 0 aliphatic rings. The third-order valence-corrected chi connectivity index (χ3v) is 11.3. The van der Waals surface area contributed by atoms with Gasteiger partial charge in [-0.2, -0.15) is 0 Å². The van der Waals surface area contributed by atoms with Gasteiger partial charge in [0.25, 0.3) is 0 Å². The molecule has 0 unspecified atom stereocenters. The van der Waals surface area contributed by atoms with Crippen molar-refractivity contribution in [2.24, 2.45) is 0 Å². The molecular formula is C53H31N3O2. The molecule has 0 radical (unpaired) electrons. The van der Waals surface area contributed by atoms with Crippen LogP contribution >= 0.6 is 0 Å². The summed E-state index contributed by atoms with van der Waals surface area (Å²) >= 11 is 0. The van der Waals surface area contributed by atoms with Gasteiger partial charge in [-0.1, -0.05) is 152 Å². The first-order chi connectivity index (χ1) is 28.7. The highest BCUT2D eigenvalue weighted by molar-refractivity contribution is 6.23. The van der Waals surface area contributed by atoms with Crippen LogP contribution in [0.25, 0.3) is 122 Å². The Morgan fingerprint density at radius 3 is 1.64 bits per heavy atom. The largest absolute Gasteiger partial charge is 0.456 e. The van der Waals surface area contributed by atoms with Crippen LogP contribution in [0.1, 0.15) is 0 Å². The van der Waals surface area contributed by atoms with Crippen LogP contribution < -0.4 is 0 Å². The normalized spacial score (nSPS) is 11.8. The average molecular weight is 742 g/mol. The lowest BCUT2D eigenvalue weighted by molar-refractivity contribution is 0.669. The van der Waals surface area contributed by atoms with Crippen molar-refractivity contribution in [2.75, 3.05) is 0 Å². The zero-order valence-corrected chi connectivity index (χ0v) is 31.1. The fraction of sp³-hybridized carbons (Fsp3) is 0. The first kappa shape index (κ1) is 32.4. The summed E-state index contributed by atoms with van der Waals surface area (Å²) in [7, 11) is 0. The van der Waals surface area contributed by atoms with Crippen molar-refractivity contribution in [3.05, 3.63) is 188 Å². The van der Waals surface area contributed by atoms with E-state index in [-0.39, 0.29) is 0 Å². The Bertz CT molecular complexity index is 3560. The van der Waals surface area contributed by atoms with E-state index in [0.29, 0.717) is 17.5 Å². The summed E-state index contributed by atoms with van der Waals surface area (Å²) in [4.78, 5) is 15.6. The maximum atomic E-state index is 6.68. The van der Waals surface area contributed by atoms with Crippen molar-refractivity contribution in [3.63, 3.8) is 0 Å². The van der Waals surface area contributed by atoms with Crippen molar-refractivity contribution >= 4 is 65.4 Å². The topological polar surface area (TPSA) is 65.0 Å². The van der Waals surface area contributed by atoms with Crippen molar-refractivity contribution in [1.29, 1.82) is 0 Å². The molecule has 0 fully saturated rings. The molecule has 12 rings (SSSR count). The van der Waals surface area contributed by atoms with E-state index >= 15 is 0 Å². The molecule has 0 spiro atoms. The van der Waals surface area contributed by atoms with Gasteiger partial charge in [-0.3, -0.25) is 0 Å². The Morgan fingerprint density at radius 1 is 0.276 bits per heavy atom. The van der Waals surface area contributed by atoms with Gasteiger partial charge in [0.1, 0.15) is 22.3 Å². The Balaban J connectivity index is 1.09. The van der Waals surface area contributed by atoms with Gasteiger partial charge in [0, 0.05) is 38.2 Å². The summed E-state index contributed by atoms with van der Waals surface area (Å²) in [6.45, 7) is 0. The minimum atomic E-state index is 0.572. The molecule has 58 heavy (non-hydrogen) atoms. The molecule has 9 aromatic carbocycles. The Morgan fingerprint density at radius 2 is 0.845 bits per heavy atom. The minimum absolute atomic E-state index is 0.572. The highest BCUT2D eigenvalue weighted by Crippen LogP contribution is 2.44. The van der Waals surface area contributed by atoms with E-state index in [1.165, 1.54) is 21.7 Å². The van der Waals surface area contributed by atoms with E-state index in [1.807, 2.05) is 72.8 Å². The quantitative estimate of drug-likeness (QED) is 0.176. The lowest BCUT2D eigenvalue weighted by Crippen LogP contribution is -2.00. The molecule has 0 saturated heterocycles. The smallest absolute Gasteiger partial charge is 0.164 e. The van der Waals surface area contributed by atoms with E-state index in [2.05, 4.69) is 115 Å². The van der Waals surface area contributed by atoms with E-state index in [4.69, 9.17) is 23.8 Å². The Kier molecular flexibility index (Phi) is 7.16. The minimum Gasteiger partial charge on any atom is -0.456 e. The maximum absolute atomic E-state index is 6.68. The molecule has 270 valence electrons. The van der Waals surface area contributed by atoms with Gasteiger partial charge >= 0.3 is 0 Å². The SMILES string of the molecule is c1ccc(-c2nc(-c3ccc4oc5cc(-c6cccc7ccccc67)c6ccccc6c5c4c3)nc(-c3cccc4oc5cccc(-c6ccccc6)c5c34)n2)cc1.